The lowest BCUT2D eigenvalue weighted by atomic mass is 9.91. The summed E-state index contributed by atoms with van der Waals surface area (Å²) in [7, 11) is 0. The third-order valence-corrected chi connectivity index (χ3v) is 2.96. The Kier molecular flexibility index (Phi) is 2.83. The molecule has 2 heterocycles. The Balaban J connectivity index is 2.13. The quantitative estimate of drug-likeness (QED) is 0.654. The van der Waals surface area contributed by atoms with Crippen LogP contribution in [0.4, 0.5) is 0 Å². The first-order valence-corrected chi connectivity index (χ1v) is 5.54. The second kappa shape index (κ2) is 3.85. The summed E-state index contributed by atoms with van der Waals surface area (Å²) in [6.45, 7) is 3.77. The maximum atomic E-state index is 11.5. The van der Waals surface area contributed by atoms with Gasteiger partial charge in [-0.1, -0.05) is 0 Å². The van der Waals surface area contributed by atoms with Gasteiger partial charge in [-0.2, -0.15) is 0 Å². The van der Waals surface area contributed by atoms with Gasteiger partial charge in [-0.05, 0) is 20.3 Å². The van der Waals surface area contributed by atoms with Crippen LogP contribution in [-0.2, 0) is 14.3 Å². The third kappa shape index (κ3) is 2.38. The van der Waals surface area contributed by atoms with Crippen molar-refractivity contribution >= 4 is 5.78 Å². The molecule has 4 nitrogen and oxygen atoms in total. The number of ketones is 1. The Bertz CT molecular complexity index is 248. The molecule has 2 fully saturated rings. The van der Waals surface area contributed by atoms with Crippen molar-refractivity contribution in [3.8, 4) is 0 Å². The predicted molar refractivity (Wildman–Crippen MR) is 53.3 cm³/mol. The molecule has 0 aromatic carbocycles. The number of rotatable bonds is 0. The lowest BCUT2D eigenvalue weighted by molar-refractivity contribution is -0.313. The maximum Gasteiger partial charge on any atom is 0.178 e. The molecule has 1 spiro atoms. The zero-order chi connectivity index (χ0) is 11.1. The largest absolute Gasteiger partial charge is 0.393 e. The highest BCUT2D eigenvalue weighted by molar-refractivity contribution is 5.80. The Morgan fingerprint density at radius 1 is 1.33 bits per heavy atom. The zero-order valence-corrected chi connectivity index (χ0v) is 9.23. The van der Waals surface area contributed by atoms with E-state index in [2.05, 4.69) is 0 Å². The average molecular weight is 214 g/mol. The highest BCUT2D eigenvalue weighted by Crippen LogP contribution is 2.37. The summed E-state index contributed by atoms with van der Waals surface area (Å²) < 4.78 is 11.4. The van der Waals surface area contributed by atoms with Crippen molar-refractivity contribution in [2.24, 2.45) is 0 Å². The van der Waals surface area contributed by atoms with Gasteiger partial charge in [-0.15, -0.1) is 0 Å². The van der Waals surface area contributed by atoms with E-state index in [-0.39, 0.29) is 24.4 Å². The lowest BCUT2D eigenvalue weighted by Crippen LogP contribution is -2.52. The van der Waals surface area contributed by atoms with Crippen molar-refractivity contribution in [3.63, 3.8) is 0 Å². The first-order chi connectivity index (χ1) is 6.99. The van der Waals surface area contributed by atoms with E-state index in [9.17, 15) is 9.90 Å². The summed E-state index contributed by atoms with van der Waals surface area (Å²) in [4.78, 5) is 11.5. The summed E-state index contributed by atoms with van der Waals surface area (Å²) in [5.41, 5.74) is 0. The number of carbonyl (C=O) groups is 1. The summed E-state index contributed by atoms with van der Waals surface area (Å²) in [5.74, 6) is -0.693. The second-order valence-electron chi connectivity index (χ2n) is 4.78. The van der Waals surface area contributed by atoms with Crippen molar-refractivity contribution in [2.45, 2.75) is 63.6 Å². The number of aliphatic hydroxyl groups excluding tert-OH is 1. The molecule has 86 valence electrons. The monoisotopic (exact) mass is 214 g/mol. The summed E-state index contributed by atoms with van der Waals surface area (Å²) in [5, 5.41) is 9.70. The first-order valence-electron chi connectivity index (χ1n) is 5.54. The van der Waals surface area contributed by atoms with Crippen LogP contribution in [0.25, 0.3) is 0 Å². The van der Waals surface area contributed by atoms with E-state index in [0.29, 0.717) is 19.3 Å². The summed E-state index contributed by atoms with van der Waals surface area (Å²) in [6.07, 6.45) is 1.18. The normalized spacial score (nSPS) is 47.1. The molecule has 1 N–H and O–H groups in total. The van der Waals surface area contributed by atoms with Crippen LogP contribution in [0.2, 0.25) is 0 Å². The molecule has 0 aliphatic carbocycles. The molecular formula is C11H18O4. The fourth-order valence-electron chi connectivity index (χ4n) is 2.62. The fraction of sp³-hybridized carbons (Fsp3) is 0.909. The van der Waals surface area contributed by atoms with E-state index in [0.717, 1.165) is 0 Å². The van der Waals surface area contributed by atoms with Gasteiger partial charge < -0.3 is 14.6 Å². The molecule has 2 aliphatic rings. The topological polar surface area (TPSA) is 55.8 Å². The van der Waals surface area contributed by atoms with Gasteiger partial charge in [-0.3, -0.25) is 4.79 Å². The maximum absolute atomic E-state index is 11.5. The number of Topliss-reactive ketones (excluding diaryl/α,β-unsaturated/α-hetero) is 1. The smallest absolute Gasteiger partial charge is 0.178 e. The van der Waals surface area contributed by atoms with Crippen LogP contribution < -0.4 is 0 Å². The molecule has 0 saturated carbocycles. The molecule has 0 amide bonds. The standard InChI is InChI=1S/C11H18O4/c1-7-3-9(12)5-11(14-7)6-10(13)4-8(2)15-11/h7-9,12H,3-6H2,1-2H3/t7-,8-,9+,11+/m1/s1. The van der Waals surface area contributed by atoms with E-state index in [1.54, 1.807) is 0 Å². The Hall–Kier alpha value is -0.450. The summed E-state index contributed by atoms with van der Waals surface area (Å²) >= 11 is 0. The van der Waals surface area contributed by atoms with Crippen LogP contribution in [0.1, 0.15) is 39.5 Å². The van der Waals surface area contributed by atoms with E-state index in [4.69, 9.17) is 9.47 Å². The van der Waals surface area contributed by atoms with E-state index in [1.165, 1.54) is 0 Å². The van der Waals surface area contributed by atoms with E-state index in [1.807, 2.05) is 13.8 Å². The molecule has 0 radical (unpaired) electrons. The second-order valence-corrected chi connectivity index (χ2v) is 4.78. The van der Waals surface area contributed by atoms with Crippen LogP contribution in [0.15, 0.2) is 0 Å². The van der Waals surface area contributed by atoms with Gasteiger partial charge in [0.15, 0.2) is 5.79 Å². The zero-order valence-electron chi connectivity index (χ0n) is 9.23. The molecule has 15 heavy (non-hydrogen) atoms. The highest BCUT2D eigenvalue weighted by atomic mass is 16.7. The number of hydrogen-bond donors (Lipinski definition) is 1. The Labute approximate surface area is 89.6 Å². The molecule has 2 saturated heterocycles. The van der Waals surface area contributed by atoms with Crippen LogP contribution >= 0.6 is 0 Å². The summed E-state index contributed by atoms with van der Waals surface area (Å²) in [6, 6.07) is 0. The van der Waals surface area contributed by atoms with Gasteiger partial charge >= 0.3 is 0 Å². The van der Waals surface area contributed by atoms with Gasteiger partial charge in [0.2, 0.25) is 0 Å². The molecular weight excluding hydrogens is 196 g/mol. The number of hydrogen-bond acceptors (Lipinski definition) is 4. The minimum atomic E-state index is -0.855. The van der Waals surface area contributed by atoms with Gasteiger partial charge in [0.1, 0.15) is 5.78 Å². The van der Waals surface area contributed by atoms with Gasteiger partial charge in [0.25, 0.3) is 0 Å². The van der Waals surface area contributed by atoms with Crippen molar-refractivity contribution in [1.82, 2.24) is 0 Å². The van der Waals surface area contributed by atoms with Gasteiger partial charge in [0.05, 0.1) is 24.7 Å². The van der Waals surface area contributed by atoms with Crippen LogP contribution in [0.5, 0.6) is 0 Å². The number of ether oxygens (including phenoxy) is 2. The average Bonchev–Trinajstić information content (AvgIpc) is 1.96. The Morgan fingerprint density at radius 3 is 2.60 bits per heavy atom. The molecule has 4 heteroatoms. The SMILES string of the molecule is C[C@@H]1CC(=O)C[C@]2(C[C@@H](O)C[C@@H](C)O2)O1. The van der Waals surface area contributed by atoms with Gasteiger partial charge in [-0.25, -0.2) is 0 Å². The molecule has 4 atom stereocenters. The lowest BCUT2D eigenvalue weighted by Gasteiger charge is -2.45. The highest BCUT2D eigenvalue weighted by Gasteiger charge is 2.46. The van der Waals surface area contributed by atoms with Crippen molar-refractivity contribution < 1.29 is 19.4 Å². The van der Waals surface area contributed by atoms with E-state index >= 15 is 0 Å². The third-order valence-electron chi connectivity index (χ3n) is 2.96. The molecule has 0 aromatic heterocycles. The minimum absolute atomic E-state index is 0.0492. The Morgan fingerprint density at radius 2 is 2.00 bits per heavy atom. The molecule has 0 bridgehead atoms. The molecule has 0 aromatic rings. The van der Waals surface area contributed by atoms with Crippen molar-refractivity contribution in [2.75, 3.05) is 0 Å². The number of carbonyl (C=O) groups excluding carboxylic acids is 1. The number of aliphatic hydroxyl groups is 1. The molecule has 2 rings (SSSR count). The van der Waals surface area contributed by atoms with Crippen molar-refractivity contribution in [1.29, 1.82) is 0 Å². The molecule has 0 unspecified atom stereocenters. The van der Waals surface area contributed by atoms with Crippen LogP contribution in [-0.4, -0.2) is 35.0 Å². The van der Waals surface area contributed by atoms with Crippen LogP contribution in [0.3, 0.4) is 0 Å². The predicted octanol–water partition coefficient (Wildman–Crippen LogP) is 1.01. The first kappa shape index (κ1) is 11.0. The van der Waals surface area contributed by atoms with E-state index < -0.39 is 11.9 Å². The van der Waals surface area contributed by atoms with Crippen LogP contribution in [0, 0.1) is 0 Å². The minimum Gasteiger partial charge on any atom is -0.393 e. The van der Waals surface area contributed by atoms with Gasteiger partial charge in [0, 0.05) is 12.8 Å². The van der Waals surface area contributed by atoms with Crippen molar-refractivity contribution in [3.05, 3.63) is 0 Å². The molecule has 2 aliphatic heterocycles. The fourth-order valence-corrected chi connectivity index (χ4v) is 2.62.